The average Bonchev–Trinajstić information content (AvgIpc) is 3.34. The minimum absolute atomic E-state index is 0.0601. The van der Waals surface area contributed by atoms with E-state index in [1.54, 1.807) is 12.1 Å². The summed E-state index contributed by atoms with van der Waals surface area (Å²) in [5.74, 6) is -1.90. The van der Waals surface area contributed by atoms with Crippen LogP contribution in [-0.2, 0) is 5.41 Å². The predicted octanol–water partition coefficient (Wildman–Crippen LogP) is 1.78. The molecule has 1 aliphatic carbocycles. The van der Waals surface area contributed by atoms with Gasteiger partial charge in [0.15, 0.2) is 5.69 Å². The van der Waals surface area contributed by atoms with Crippen LogP contribution in [0.1, 0.15) is 39.4 Å². The minimum Gasteiger partial charge on any atom is -0.476 e. The Morgan fingerprint density at radius 3 is 2.26 bits per heavy atom. The second-order valence-corrected chi connectivity index (χ2v) is 5.56. The summed E-state index contributed by atoms with van der Waals surface area (Å²) in [5, 5.41) is 11.5. The summed E-state index contributed by atoms with van der Waals surface area (Å²) in [6.07, 6.45) is 4.02. The molecule has 0 spiro atoms. The molecule has 0 unspecified atom stereocenters. The van der Waals surface area contributed by atoms with Crippen molar-refractivity contribution in [1.82, 2.24) is 15.3 Å². The first-order chi connectivity index (χ1) is 11.0. The van der Waals surface area contributed by atoms with Crippen LogP contribution in [0.3, 0.4) is 0 Å². The lowest BCUT2D eigenvalue weighted by Crippen LogP contribution is -2.32. The first-order valence-electron chi connectivity index (χ1n) is 7.10. The van der Waals surface area contributed by atoms with Crippen LogP contribution in [0.5, 0.6) is 0 Å². The highest BCUT2D eigenvalue weighted by atomic mass is 19.1. The summed E-state index contributed by atoms with van der Waals surface area (Å²) in [5.41, 5.74) is 0.681. The van der Waals surface area contributed by atoms with E-state index in [0.29, 0.717) is 6.54 Å². The number of hydrogen-bond acceptors (Lipinski definition) is 4. The van der Waals surface area contributed by atoms with Crippen molar-refractivity contribution in [3.8, 4) is 0 Å². The van der Waals surface area contributed by atoms with Crippen molar-refractivity contribution >= 4 is 11.9 Å². The molecule has 1 amide bonds. The summed E-state index contributed by atoms with van der Waals surface area (Å²) < 4.78 is 13.0. The molecule has 1 aromatic heterocycles. The van der Waals surface area contributed by atoms with E-state index in [4.69, 9.17) is 5.11 Å². The van der Waals surface area contributed by atoms with Crippen LogP contribution >= 0.6 is 0 Å². The summed E-state index contributed by atoms with van der Waals surface area (Å²) in [7, 11) is 0. The van der Waals surface area contributed by atoms with Gasteiger partial charge in [0.25, 0.3) is 5.91 Å². The molecule has 3 rings (SSSR count). The van der Waals surface area contributed by atoms with Crippen molar-refractivity contribution in [2.45, 2.75) is 18.3 Å². The number of nitrogens with zero attached hydrogens (tertiary/aromatic N) is 2. The number of carbonyl (C=O) groups excluding carboxylic acids is 1. The van der Waals surface area contributed by atoms with E-state index in [9.17, 15) is 14.0 Å². The van der Waals surface area contributed by atoms with Crippen LogP contribution in [0.4, 0.5) is 4.39 Å². The van der Waals surface area contributed by atoms with Crippen molar-refractivity contribution in [3.05, 3.63) is 59.4 Å². The van der Waals surface area contributed by atoms with Crippen molar-refractivity contribution in [2.24, 2.45) is 0 Å². The van der Waals surface area contributed by atoms with Gasteiger partial charge in [-0.25, -0.2) is 19.2 Å². The third kappa shape index (κ3) is 3.18. The molecule has 0 radical (unpaired) electrons. The SMILES string of the molecule is O=C(O)c1cnc(C(=O)NCC2(c3ccc(F)cc3)CC2)cn1. The highest BCUT2D eigenvalue weighted by Gasteiger charge is 2.44. The molecule has 2 N–H and O–H groups in total. The molecule has 0 atom stereocenters. The zero-order valence-corrected chi connectivity index (χ0v) is 12.1. The number of nitrogens with one attached hydrogen (secondary N) is 1. The molecule has 1 aliphatic rings. The highest BCUT2D eigenvalue weighted by molar-refractivity contribution is 5.92. The Morgan fingerprint density at radius 2 is 1.74 bits per heavy atom. The molecular formula is C16H14FN3O3. The molecule has 7 heteroatoms. The molecule has 0 aliphatic heterocycles. The standard InChI is InChI=1S/C16H14FN3O3/c17-11-3-1-10(2-4-11)16(5-6-16)9-20-14(21)12-7-19-13(8-18-12)15(22)23/h1-4,7-8H,5-6,9H2,(H,20,21)(H,22,23). The van der Waals surface area contributed by atoms with Crippen LogP contribution in [-0.4, -0.2) is 33.5 Å². The summed E-state index contributed by atoms with van der Waals surface area (Å²) in [6.45, 7) is 0.416. The molecule has 23 heavy (non-hydrogen) atoms. The fourth-order valence-corrected chi connectivity index (χ4v) is 2.42. The Morgan fingerprint density at radius 1 is 1.13 bits per heavy atom. The van der Waals surface area contributed by atoms with Gasteiger partial charge in [0.05, 0.1) is 12.4 Å². The molecular weight excluding hydrogens is 301 g/mol. The molecule has 1 heterocycles. The first kappa shape index (κ1) is 15.1. The van der Waals surface area contributed by atoms with Crippen molar-refractivity contribution < 1.29 is 19.1 Å². The van der Waals surface area contributed by atoms with Crippen LogP contribution in [0.2, 0.25) is 0 Å². The fraction of sp³-hybridized carbons (Fsp3) is 0.250. The first-order valence-corrected chi connectivity index (χ1v) is 7.10. The molecule has 1 aromatic carbocycles. The van der Waals surface area contributed by atoms with Gasteiger partial charge >= 0.3 is 5.97 Å². The number of amides is 1. The molecule has 1 fully saturated rings. The minimum atomic E-state index is -1.20. The Bertz CT molecular complexity index is 740. The van der Waals surface area contributed by atoms with Crippen molar-refractivity contribution in [2.75, 3.05) is 6.54 Å². The van der Waals surface area contributed by atoms with Crippen LogP contribution in [0.25, 0.3) is 0 Å². The number of aromatic carboxylic acids is 1. The van der Waals surface area contributed by atoms with Crippen LogP contribution < -0.4 is 5.32 Å². The number of aromatic nitrogens is 2. The van der Waals surface area contributed by atoms with E-state index in [2.05, 4.69) is 15.3 Å². The van der Waals surface area contributed by atoms with E-state index in [1.807, 2.05) is 0 Å². The third-order valence-corrected chi connectivity index (χ3v) is 4.00. The van der Waals surface area contributed by atoms with Gasteiger partial charge in [-0.1, -0.05) is 12.1 Å². The lowest BCUT2D eigenvalue weighted by atomic mass is 9.96. The Balaban J connectivity index is 1.64. The lowest BCUT2D eigenvalue weighted by Gasteiger charge is -2.16. The van der Waals surface area contributed by atoms with Crippen LogP contribution in [0.15, 0.2) is 36.7 Å². The van der Waals surface area contributed by atoms with Gasteiger partial charge in [0.2, 0.25) is 0 Å². The van der Waals surface area contributed by atoms with E-state index in [-0.39, 0.29) is 22.6 Å². The normalized spacial score (nSPS) is 15.0. The number of halogens is 1. The van der Waals surface area contributed by atoms with E-state index in [0.717, 1.165) is 30.8 Å². The van der Waals surface area contributed by atoms with Crippen molar-refractivity contribution in [1.29, 1.82) is 0 Å². The zero-order chi connectivity index (χ0) is 16.4. The number of carbonyl (C=O) groups is 2. The average molecular weight is 315 g/mol. The number of carboxylic acids is 1. The van der Waals surface area contributed by atoms with E-state index >= 15 is 0 Å². The maximum absolute atomic E-state index is 13.0. The highest BCUT2D eigenvalue weighted by Crippen LogP contribution is 2.47. The summed E-state index contributed by atoms with van der Waals surface area (Å²) >= 11 is 0. The molecule has 6 nitrogen and oxygen atoms in total. The Kier molecular flexibility index (Phi) is 3.77. The summed E-state index contributed by atoms with van der Waals surface area (Å²) in [6, 6.07) is 6.28. The van der Waals surface area contributed by atoms with Gasteiger partial charge < -0.3 is 10.4 Å². The van der Waals surface area contributed by atoms with Crippen LogP contribution in [0, 0.1) is 5.82 Å². The smallest absolute Gasteiger partial charge is 0.356 e. The largest absolute Gasteiger partial charge is 0.476 e. The summed E-state index contributed by atoms with van der Waals surface area (Å²) in [4.78, 5) is 30.2. The lowest BCUT2D eigenvalue weighted by molar-refractivity contribution is 0.0689. The monoisotopic (exact) mass is 315 g/mol. The van der Waals surface area contributed by atoms with Gasteiger partial charge in [-0.2, -0.15) is 0 Å². The second kappa shape index (κ2) is 5.75. The zero-order valence-electron chi connectivity index (χ0n) is 12.1. The third-order valence-electron chi connectivity index (χ3n) is 4.00. The molecule has 2 aromatic rings. The molecule has 1 saturated carbocycles. The van der Waals surface area contributed by atoms with Gasteiger partial charge in [-0.3, -0.25) is 4.79 Å². The Labute approximate surface area is 131 Å². The number of hydrogen-bond donors (Lipinski definition) is 2. The quantitative estimate of drug-likeness (QED) is 0.877. The molecule has 0 saturated heterocycles. The molecule has 118 valence electrons. The van der Waals surface area contributed by atoms with Gasteiger partial charge in [-0.15, -0.1) is 0 Å². The fourth-order valence-electron chi connectivity index (χ4n) is 2.42. The number of rotatable bonds is 5. The second-order valence-electron chi connectivity index (χ2n) is 5.56. The van der Waals surface area contributed by atoms with Crippen molar-refractivity contribution in [3.63, 3.8) is 0 Å². The van der Waals surface area contributed by atoms with Gasteiger partial charge in [0.1, 0.15) is 11.5 Å². The maximum Gasteiger partial charge on any atom is 0.356 e. The maximum atomic E-state index is 13.0. The van der Waals surface area contributed by atoms with E-state index in [1.165, 1.54) is 12.1 Å². The molecule has 0 bridgehead atoms. The Hall–Kier alpha value is -2.83. The van der Waals surface area contributed by atoms with E-state index < -0.39 is 11.9 Å². The number of benzene rings is 1. The van der Waals surface area contributed by atoms with Gasteiger partial charge in [-0.05, 0) is 30.5 Å². The predicted molar refractivity (Wildman–Crippen MR) is 78.6 cm³/mol. The van der Waals surface area contributed by atoms with Gasteiger partial charge in [0, 0.05) is 12.0 Å². The topological polar surface area (TPSA) is 92.2 Å². The number of carboxylic acid groups (broad SMARTS) is 1.